The van der Waals surface area contributed by atoms with Gasteiger partial charge in [-0.05, 0) is 42.4 Å². The van der Waals surface area contributed by atoms with E-state index in [4.69, 9.17) is 4.74 Å². The third-order valence-electron chi connectivity index (χ3n) is 7.86. The normalized spacial score (nSPS) is 14.6. The average molecular weight is 702 g/mol. The smallest absolute Gasteiger partial charge is 0.361 e. The van der Waals surface area contributed by atoms with Gasteiger partial charge in [0, 0.05) is 58.2 Å². The molecule has 4 aromatic rings. The molecule has 0 radical (unpaired) electrons. The third kappa shape index (κ3) is 7.80. The zero-order valence-corrected chi connectivity index (χ0v) is 27.2. The first-order valence-electron chi connectivity index (χ1n) is 15.0. The van der Waals surface area contributed by atoms with Crippen LogP contribution in [0, 0.1) is 17.5 Å². The lowest BCUT2D eigenvalue weighted by molar-refractivity contribution is -0.138. The van der Waals surface area contributed by atoms with Crippen LogP contribution >= 0.6 is 0 Å². The Kier molecular flexibility index (Phi) is 9.88. The van der Waals surface area contributed by atoms with E-state index in [1.54, 1.807) is 9.47 Å². The van der Waals surface area contributed by atoms with Gasteiger partial charge in [-0.2, -0.15) is 26.3 Å². The molecule has 1 saturated heterocycles. The van der Waals surface area contributed by atoms with Crippen molar-refractivity contribution in [1.29, 1.82) is 0 Å². The predicted octanol–water partition coefficient (Wildman–Crippen LogP) is 8.71. The zero-order valence-electron chi connectivity index (χ0n) is 26.2. The van der Waals surface area contributed by atoms with Crippen LogP contribution in [0.4, 0.5) is 51.3 Å². The average Bonchev–Trinajstić information content (AvgIpc) is 3.40. The Labute approximate surface area is 271 Å². The lowest BCUT2D eigenvalue weighted by atomic mass is 10.0. The van der Waals surface area contributed by atoms with Crippen molar-refractivity contribution in [3.8, 4) is 22.5 Å². The van der Waals surface area contributed by atoms with E-state index >= 15 is 0 Å². The van der Waals surface area contributed by atoms with Crippen LogP contribution in [0.25, 0.3) is 22.5 Å². The van der Waals surface area contributed by atoms with Crippen LogP contribution in [0.5, 0.6) is 0 Å². The Morgan fingerprint density at radius 3 is 1.96 bits per heavy atom. The minimum Gasteiger partial charge on any atom is -0.361 e. The number of nitrogens with zero attached hydrogens (tertiary/aromatic N) is 5. The van der Waals surface area contributed by atoms with Gasteiger partial charge in [-0.25, -0.2) is 23.1 Å². The quantitative estimate of drug-likeness (QED) is 0.0757. The zero-order chi connectivity index (χ0) is 35.0. The van der Waals surface area contributed by atoms with Crippen molar-refractivity contribution in [2.75, 3.05) is 42.6 Å². The largest absolute Gasteiger partial charge is 0.419 e. The molecule has 6 nitrogen and oxygen atoms in total. The number of imidazole rings is 1. The van der Waals surface area contributed by atoms with Gasteiger partial charge in [0.15, 0.2) is 17.5 Å². The van der Waals surface area contributed by atoms with E-state index in [-0.39, 0.29) is 67.2 Å². The number of piperazine rings is 1. The topological polar surface area (TPSA) is 46.4 Å². The number of aromatic nitrogens is 3. The van der Waals surface area contributed by atoms with Gasteiger partial charge >= 0.3 is 12.4 Å². The number of halogens is 9. The van der Waals surface area contributed by atoms with Crippen LogP contribution in [0.15, 0.2) is 54.7 Å². The van der Waals surface area contributed by atoms with Gasteiger partial charge in [0.2, 0.25) is 5.95 Å². The molecule has 258 valence electrons. The number of rotatable bonds is 9. The summed E-state index contributed by atoms with van der Waals surface area (Å²) in [5, 5.41) is 0. The van der Waals surface area contributed by atoms with Gasteiger partial charge in [-0.15, -0.1) is 0 Å². The van der Waals surface area contributed by atoms with Crippen molar-refractivity contribution < 1.29 is 44.3 Å². The summed E-state index contributed by atoms with van der Waals surface area (Å²) in [5.41, 5.74) is -1.68. The number of hydrogen-bond donors (Lipinski definition) is 0. The van der Waals surface area contributed by atoms with Crippen molar-refractivity contribution in [2.45, 2.75) is 44.8 Å². The minimum absolute atomic E-state index is 0.0529. The second-order valence-corrected chi connectivity index (χ2v) is 18.2. The summed E-state index contributed by atoms with van der Waals surface area (Å²) < 4.78 is 132. The highest BCUT2D eigenvalue weighted by Gasteiger charge is 2.37. The molecule has 2 aromatic carbocycles. The van der Waals surface area contributed by atoms with Crippen molar-refractivity contribution in [2.24, 2.45) is 0 Å². The number of anilines is 2. The third-order valence-corrected chi connectivity index (χ3v) is 9.57. The van der Waals surface area contributed by atoms with E-state index in [0.29, 0.717) is 6.61 Å². The summed E-state index contributed by atoms with van der Waals surface area (Å²) in [6, 6.07) is 8.52. The molecule has 0 unspecified atom stereocenters. The van der Waals surface area contributed by atoms with Crippen LogP contribution in [0.2, 0.25) is 25.7 Å². The first kappa shape index (κ1) is 35.3. The maximum absolute atomic E-state index is 14.5. The van der Waals surface area contributed by atoms with Crippen molar-refractivity contribution >= 4 is 19.8 Å². The molecule has 3 heterocycles. The fraction of sp³-hybridized carbons (Fsp3) is 0.375. The molecular weight excluding hydrogens is 669 g/mol. The highest BCUT2D eigenvalue weighted by Crippen LogP contribution is 2.40. The molecule has 0 aliphatic carbocycles. The molecule has 2 aromatic heterocycles. The molecule has 0 N–H and O–H groups in total. The first-order valence-corrected chi connectivity index (χ1v) is 18.7. The van der Waals surface area contributed by atoms with Gasteiger partial charge in [-0.1, -0.05) is 31.8 Å². The Balaban J connectivity index is 1.59. The molecule has 1 aliphatic rings. The maximum atomic E-state index is 14.5. The van der Waals surface area contributed by atoms with Gasteiger partial charge in [0.25, 0.3) is 0 Å². The van der Waals surface area contributed by atoms with Gasteiger partial charge in [-0.3, -0.25) is 4.57 Å². The predicted molar refractivity (Wildman–Crippen MR) is 166 cm³/mol. The van der Waals surface area contributed by atoms with E-state index in [1.165, 1.54) is 29.3 Å². The van der Waals surface area contributed by atoms with Gasteiger partial charge in [0.1, 0.15) is 12.5 Å². The Bertz CT molecular complexity index is 1720. The van der Waals surface area contributed by atoms with Crippen LogP contribution in [0.1, 0.15) is 11.1 Å². The molecule has 5 rings (SSSR count). The molecule has 1 aliphatic heterocycles. The summed E-state index contributed by atoms with van der Waals surface area (Å²) in [5.74, 6) is -4.71. The molecule has 16 heteroatoms. The Morgan fingerprint density at radius 2 is 1.40 bits per heavy atom. The molecule has 0 atom stereocenters. The molecule has 48 heavy (non-hydrogen) atoms. The molecule has 1 fully saturated rings. The molecule has 0 bridgehead atoms. The number of benzene rings is 2. The minimum atomic E-state index is -4.63. The van der Waals surface area contributed by atoms with E-state index in [2.05, 4.69) is 29.6 Å². The summed E-state index contributed by atoms with van der Waals surface area (Å²) in [7, 11) is -1.54. The van der Waals surface area contributed by atoms with Crippen LogP contribution in [0.3, 0.4) is 0 Å². The second-order valence-electron chi connectivity index (χ2n) is 12.6. The second kappa shape index (κ2) is 13.5. The maximum Gasteiger partial charge on any atom is 0.419 e. The highest BCUT2D eigenvalue weighted by molar-refractivity contribution is 6.76. The standard InChI is InChI=1S/C32H32F9N5OSi/c1-48(2,3)16-15-47-19-46-28(20-6-8-22(9-7-20)31(36,37)38)27(21-17-24(33)26(35)25(34)18-21)43-30(46)45-13-11-44(12-14-45)29-23(32(39,40)41)5-4-10-42-29/h4-10,17-18H,11-16,19H2,1-3H3. The summed E-state index contributed by atoms with van der Waals surface area (Å²) in [4.78, 5) is 11.9. The highest BCUT2D eigenvalue weighted by atomic mass is 28.3. The van der Waals surface area contributed by atoms with Crippen molar-refractivity contribution in [3.63, 3.8) is 0 Å². The van der Waals surface area contributed by atoms with Crippen LogP contribution in [-0.4, -0.2) is 55.4 Å². The fourth-order valence-corrected chi connectivity index (χ4v) is 6.09. The Morgan fingerprint density at radius 1 is 0.792 bits per heavy atom. The summed E-state index contributed by atoms with van der Waals surface area (Å²) in [6.07, 6.45) is -7.99. The van der Waals surface area contributed by atoms with E-state index in [1.807, 2.05) is 0 Å². The lowest BCUT2D eigenvalue weighted by Crippen LogP contribution is -2.48. The summed E-state index contributed by atoms with van der Waals surface area (Å²) in [6.45, 7) is 7.07. The number of pyridine rings is 1. The number of alkyl halides is 6. The molecule has 0 amide bonds. The van der Waals surface area contributed by atoms with E-state index < -0.39 is 49.0 Å². The fourth-order valence-electron chi connectivity index (χ4n) is 5.33. The molecule has 0 spiro atoms. The van der Waals surface area contributed by atoms with Crippen molar-refractivity contribution in [3.05, 3.63) is 83.3 Å². The monoisotopic (exact) mass is 701 g/mol. The Hall–Kier alpha value is -4.05. The van der Waals surface area contributed by atoms with Crippen LogP contribution < -0.4 is 9.80 Å². The first-order chi connectivity index (χ1) is 22.4. The van der Waals surface area contributed by atoms with Gasteiger partial charge < -0.3 is 14.5 Å². The molecular formula is C32H32F9N5OSi. The SMILES string of the molecule is C[Si](C)(C)CCOCn1c(N2CCN(c3ncccc3C(F)(F)F)CC2)nc(-c2cc(F)c(F)c(F)c2)c1-c1ccc(C(F)(F)F)cc1. The number of hydrogen-bond acceptors (Lipinski definition) is 5. The van der Waals surface area contributed by atoms with E-state index in [9.17, 15) is 39.5 Å². The van der Waals surface area contributed by atoms with Gasteiger partial charge in [0.05, 0.1) is 22.5 Å². The van der Waals surface area contributed by atoms with Crippen LogP contribution in [-0.2, 0) is 23.8 Å². The number of ether oxygens (including phenoxy) is 1. The van der Waals surface area contributed by atoms with Crippen molar-refractivity contribution in [1.82, 2.24) is 14.5 Å². The molecule has 0 saturated carbocycles. The summed E-state index contributed by atoms with van der Waals surface area (Å²) >= 11 is 0. The lowest BCUT2D eigenvalue weighted by Gasteiger charge is -2.37. The van der Waals surface area contributed by atoms with E-state index in [0.717, 1.165) is 36.4 Å².